The molecule has 0 aliphatic carbocycles. The Labute approximate surface area is 106 Å². The van der Waals surface area contributed by atoms with Gasteiger partial charge in [-0.1, -0.05) is 22.0 Å². The third-order valence-corrected chi connectivity index (χ3v) is 3.45. The van der Waals surface area contributed by atoms with E-state index in [1.165, 1.54) is 0 Å². The average molecular weight is 305 g/mol. The highest BCUT2D eigenvalue weighted by molar-refractivity contribution is 9.10. The molecule has 1 rings (SSSR count). The van der Waals surface area contributed by atoms with Crippen LogP contribution in [0.2, 0.25) is 0 Å². The van der Waals surface area contributed by atoms with E-state index in [1.54, 1.807) is 32.0 Å². The highest BCUT2D eigenvalue weighted by Crippen LogP contribution is 2.15. The van der Waals surface area contributed by atoms with Crippen LogP contribution in [0.25, 0.3) is 0 Å². The second-order valence-electron chi connectivity index (χ2n) is 3.49. The number of esters is 1. The van der Waals surface area contributed by atoms with Crippen molar-refractivity contribution in [3.8, 4) is 0 Å². The molecule has 1 aromatic carbocycles. The third kappa shape index (κ3) is 4.45. The molecular weight excluding hydrogens is 292 g/mol. The summed E-state index contributed by atoms with van der Waals surface area (Å²) < 4.78 is 17.6. The SMILES string of the molecule is CC(C)OC(=O)CS(=O)c1cccc(Br)c1. The van der Waals surface area contributed by atoms with Crippen LogP contribution in [-0.2, 0) is 20.3 Å². The Kier molecular flexibility index (Phi) is 5.15. The van der Waals surface area contributed by atoms with E-state index < -0.39 is 16.8 Å². The number of hydrogen-bond donors (Lipinski definition) is 0. The maximum atomic E-state index is 11.8. The summed E-state index contributed by atoms with van der Waals surface area (Å²) in [6.45, 7) is 3.53. The number of benzene rings is 1. The van der Waals surface area contributed by atoms with E-state index in [9.17, 15) is 9.00 Å². The monoisotopic (exact) mass is 304 g/mol. The van der Waals surface area contributed by atoms with Gasteiger partial charge in [0, 0.05) is 9.37 Å². The number of rotatable bonds is 4. The zero-order valence-electron chi connectivity index (χ0n) is 9.10. The third-order valence-electron chi connectivity index (χ3n) is 1.68. The zero-order chi connectivity index (χ0) is 12.1. The van der Waals surface area contributed by atoms with E-state index >= 15 is 0 Å². The Bertz CT molecular complexity index is 404. The van der Waals surface area contributed by atoms with E-state index in [0.29, 0.717) is 4.90 Å². The molecule has 1 unspecified atom stereocenters. The zero-order valence-corrected chi connectivity index (χ0v) is 11.5. The first kappa shape index (κ1) is 13.4. The number of carbonyl (C=O) groups is 1. The molecule has 5 heteroatoms. The van der Waals surface area contributed by atoms with Crippen LogP contribution in [0.5, 0.6) is 0 Å². The van der Waals surface area contributed by atoms with Gasteiger partial charge in [0.1, 0.15) is 5.75 Å². The quantitative estimate of drug-likeness (QED) is 0.803. The van der Waals surface area contributed by atoms with E-state index in [2.05, 4.69) is 15.9 Å². The lowest BCUT2D eigenvalue weighted by Crippen LogP contribution is -2.18. The molecular formula is C11H13BrO3S. The lowest BCUT2D eigenvalue weighted by atomic mass is 10.4. The number of halogens is 1. The van der Waals surface area contributed by atoms with Gasteiger partial charge in [0.15, 0.2) is 0 Å². The van der Waals surface area contributed by atoms with Crippen molar-refractivity contribution in [1.82, 2.24) is 0 Å². The fraction of sp³-hybridized carbons (Fsp3) is 0.364. The van der Waals surface area contributed by atoms with Crippen LogP contribution < -0.4 is 0 Å². The summed E-state index contributed by atoms with van der Waals surface area (Å²) in [5.74, 6) is -0.539. The van der Waals surface area contributed by atoms with Gasteiger partial charge in [-0.3, -0.25) is 9.00 Å². The summed E-state index contributed by atoms with van der Waals surface area (Å²) in [5.41, 5.74) is 0. The first-order valence-electron chi connectivity index (χ1n) is 4.82. The summed E-state index contributed by atoms with van der Waals surface area (Å²) >= 11 is 3.29. The lowest BCUT2D eigenvalue weighted by Gasteiger charge is -2.07. The minimum atomic E-state index is -1.34. The Morgan fingerprint density at radius 1 is 1.50 bits per heavy atom. The fourth-order valence-electron chi connectivity index (χ4n) is 1.10. The molecule has 0 saturated carbocycles. The summed E-state index contributed by atoms with van der Waals surface area (Å²) in [4.78, 5) is 11.9. The molecule has 1 aromatic rings. The van der Waals surface area contributed by atoms with E-state index in [-0.39, 0.29) is 11.9 Å². The van der Waals surface area contributed by atoms with Crippen LogP contribution in [0.4, 0.5) is 0 Å². The van der Waals surface area contributed by atoms with Crippen LogP contribution in [0.1, 0.15) is 13.8 Å². The number of carbonyl (C=O) groups excluding carboxylic acids is 1. The summed E-state index contributed by atoms with van der Waals surface area (Å²) in [7, 11) is -1.34. The van der Waals surface area contributed by atoms with Crippen LogP contribution in [0, 0.1) is 0 Å². The second kappa shape index (κ2) is 6.15. The first-order chi connectivity index (χ1) is 7.49. The van der Waals surface area contributed by atoms with Gasteiger partial charge in [-0.15, -0.1) is 0 Å². The maximum absolute atomic E-state index is 11.8. The Hall–Kier alpha value is -0.680. The Morgan fingerprint density at radius 2 is 2.19 bits per heavy atom. The van der Waals surface area contributed by atoms with Crippen LogP contribution in [0.3, 0.4) is 0 Å². The van der Waals surface area contributed by atoms with Crippen molar-refractivity contribution in [3.05, 3.63) is 28.7 Å². The molecule has 0 saturated heterocycles. The van der Waals surface area contributed by atoms with Crippen LogP contribution in [-0.4, -0.2) is 22.0 Å². The van der Waals surface area contributed by atoms with Crippen molar-refractivity contribution < 1.29 is 13.7 Å². The topological polar surface area (TPSA) is 43.4 Å². The van der Waals surface area contributed by atoms with Crippen molar-refractivity contribution in [1.29, 1.82) is 0 Å². The minimum Gasteiger partial charge on any atom is -0.462 e. The van der Waals surface area contributed by atoms with Gasteiger partial charge in [0.05, 0.1) is 16.9 Å². The van der Waals surface area contributed by atoms with Gasteiger partial charge in [-0.2, -0.15) is 0 Å². The molecule has 0 N–H and O–H groups in total. The van der Waals surface area contributed by atoms with Crippen LogP contribution >= 0.6 is 15.9 Å². The molecule has 0 radical (unpaired) electrons. The molecule has 0 spiro atoms. The predicted molar refractivity (Wildman–Crippen MR) is 66.6 cm³/mol. The number of hydrogen-bond acceptors (Lipinski definition) is 3. The maximum Gasteiger partial charge on any atom is 0.319 e. The van der Waals surface area contributed by atoms with Gasteiger partial charge < -0.3 is 4.74 Å². The highest BCUT2D eigenvalue weighted by Gasteiger charge is 2.12. The highest BCUT2D eigenvalue weighted by atomic mass is 79.9. The Balaban J connectivity index is 2.62. The number of ether oxygens (including phenoxy) is 1. The molecule has 0 aliphatic heterocycles. The molecule has 0 aromatic heterocycles. The predicted octanol–water partition coefficient (Wildman–Crippen LogP) is 2.51. The van der Waals surface area contributed by atoms with E-state index in [1.807, 2.05) is 6.07 Å². The van der Waals surface area contributed by atoms with Gasteiger partial charge in [0.25, 0.3) is 0 Å². The van der Waals surface area contributed by atoms with Crippen molar-refractivity contribution in [2.45, 2.75) is 24.8 Å². The average Bonchev–Trinajstić information content (AvgIpc) is 2.16. The summed E-state index contributed by atoms with van der Waals surface area (Å²) in [5, 5.41) is 0. The molecule has 88 valence electrons. The summed E-state index contributed by atoms with van der Waals surface area (Å²) in [6.07, 6.45) is -0.174. The van der Waals surface area contributed by atoms with Crippen molar-refractivity contribution in [3.63, 3.8) is 0 Å². The smallest absolute Gasteiger partial charge is 0.319 e. The molecule has 1 atom stereocenters. The molecule has 0 bridgehead atoms. The standard InChI is InChI=1S/C11H13BrO3S/c1-8(2)15-11(13)7-16(14)10-5-3-4-9(12)6-10/h3-6,8H,7H2,1-2H3. The fourth-order valence-corrected chi connectivity index (χ4v) is 2.58. The molecule has 3 nitrogen and oxygen atoms in total. The molecule has 16 heavy (non-hydrogen) atoms. The molecule has 0 amide bonds. The second-order valence-corrected chi connectivity index (χ2v) is 5.85. The lowest BCUT2D eigenvalue weighted by molar-refractivity contribution is -0.144. The van der Waals surface area contributed by atoms with E-state index in [4.69, 9.17) is 4.74 Å². The normalized spacial score (nSPS) is 12.5. The van der Waals surface area contributed by atoms with Crippen molar-refractivity contribution >= 4 is 32.7 Å². The minimum absolute atomic E-state index is 0.103. The van der Waals surface area contributed by atoms with Gasteiger partial charge >= 0.3 is 5.97 Å². The van der Waals surface area contributed by atoms with Gasteiger partial charge in [0.2, 0.25) is 0 Å². The molecule has 0 aliphatic rings. The van der Waals surface area contributed by atoms with Crippen LogP contribution in [0.15, 0.2) is 33.6 Å². The molecule has 0 fully saturated rings. The largest absolute Gasteiger partial charge is 0.462 e. The van der Waals surface area contributed by atoms with Gasteiger partial charge in [-0.05, 0) is 32.0 Å². The molecule has 0 heterocycles. The first-order valence-corrected chi connectivity index (χ1v) is 6.93. The van der Waals surface area contributed by atoms with E-state index in [0.717, 1.165) is 4.47 Å². The van der Waals surface area contributed by atoms with Crippen molar-refractivity contribution in [2.24, 2.45) is 0 Å². The Morgan fingerprint density at radius 3 is 2.75 bits per heavy atom. The van der Waals surface area contributed by atoms with Crippen molar-refractivity contribution in [2.75, 3.05) is 5.75 Å². The van der Waals surface area contributed by atoms with Gasteiger partial charge in [-0.25, -0.2) is 0 Å². The summed E-state index contributed by atoms with van der Waals surface area (Å²) in [6, 6.07) is 7.08.